The van der Waals surface area contributed by atoms with Gasteiger partial charge in [0, 0.05) is 25.2 Å². The number of rotatable bonds is 5. The van der Waals surface area contributed by atoms with E-state index >= 15 is 0 Å². The quantitative estimate of drug-likeness (QED) is 0.723. The predicted octanol–water partition coefficient (Wildman–Crippen LogP) is 0.856. The Morgan fingerprint density at radius 2 is 2.17 bits per heavy atom. The summed E-state index contributed by atoms with van der Waals surface area (Å²) in [4.78, 5) is 31.7. The molecule has 0 spiro atoms. The van der Waals surface area contributed by atoms with E-state index in [0.717, 1.165) is 16.5 Å². The van der Waals surface area contributed by atoms with Crippen LogP contribution in [0.3, 0.4) is 0 Å². The Balaban J connectivity index is 1.81. The molecule has 0 saturated carbocycles. The number of nitrogens with zero attached hydrogens (tertiary/aromatic N) is 3. The fraction of sp³-hybridized carbons (Fsp3) is 0.250. The number of hydrogen-bond acceptors (Lipinski definition) is 5. The maximum absolute atomic E-state index is 12.3. The van der Waals surface area contributed by atoms with Crippen molar-refractivity contribution >= 4 is 16.8 Å². The molecular formula is C16H17N5O3. The first-order chi connectivity index (χ1) is 11.6. The Hall–Kier alpha value is -3.16. The van der Waals surface area contributed by atoms with Gasteiger partial charge in [-0.05, 0) is 17.7 Å². The fourth-order valence-corrected chi connectivity index (χ4v) is 2.52. The zero-order chi connectivity index (χ0) is 17.1. The van der Waals surface area contributed by atoms with E-state index in [1.54, 1.807) is 25.3 Å². The zero-order valence-electron chi connectivity index (χ0n) is 13.4. The minimum absolute atomic E-state index is 0.0293. The largest absolute Gasteiger partial charge is 0.494 e. The van der Waals surface area contributed by atoms with Crippen LogP contribution in [0.15, 0.2) is 35.3 Å². The molecule has 8 nitrogen and oxygen atoms in total. The average molecular weight is 327 g/mol. The van der Waals surface area contributed by atoms with Crippen LogP contribution in [0.4, 0.5) is 0 Å². The average Bonchev–Trinajstić information content (AvgIpc) is 3.00. The Kier molecular flexibility index (Phi) is 4.28. The summed E-state index contributed by atoms with van der Waals surface area (Å²) >= 11 is 0. The SMILES string of the molecule is COc1ccc(CN(C)C(=O)Cc2n[nH]c(=O)[nH]2)c2cccnc12. The van der Waals surface area contributed by atoms with Gasteiger partial charge in [-0.2, -0.15) is 5.10 Å². The molecule has 0 unspecified atom stereocenters. The number of carbonyl (C=O) groups is 1. The minimum atomic E-state index is -0.423. The molecule has 0 saturated heterocycles. The van der Waals surface area contributed by atoms with Crippen molar-refractivity contribution in [2.45, 2.75) is 13.0 Å². The van der Waals surface area contributed by atoms with E-state index < -0.39 is 5.69 Å². The molecule has 8 heteroatoms. The van der Waals surface area contributed by atoms with Gasteiger partial charge in [0.1, 0.15) is 17.1 Å². The van der Waals surface area contributed by atoms with Crippen LogP contribution in [-0.2, 0) is 17.8 Å². The number of carbonyl (C=O) groups excluding carboxylic acids is 1. The van der Waals surface area contributed by atoms with Gasteiger partial charge in [0.2, 0.25) is 5.91 Å². The molecule has 3 rings (SSSR count). The molecule has 3 aromatic rings. The molecule has 0 fully saturated rings. The van der Waals surface area contributed by atoms with E-state index in [1.807, 2.05) is 24.3 Å². The summed E-state index contributed by atoms with van der Waals surface area (Å²) in [5, 5.41) is 6.93. The molecule has 2 heterocycles. The number of pyridine rings is 1. The third-order valence-corrected chi connectivity index (χ3v) is 3.75. The highest BCUT2D eigenvalue weighted by molar-refractivity contribution is 5.88. The number of benzene rings is 1. The maximum Gasteiger partial charge on any atom is 0.340 e. The van der Waals surface area contributed by atoms with Gasteiger partial charge in [-0.3, -0.25) is 14.8 Å². The number of likely N-dealkylation sites (N-methyl/N-ethyl adjacent to an activating group) is 1. The lowest BCUT2D eigenvalue weighted by molar-refractivity contribution is -0.129. The van der Waals surface area contributed by atoms with Crippen molar-refractivity contribution in [3.63, 3.8) is 0 Å². The highest BCUT2D eigenvalue weighted by Crippen LogP contribution is 2.27. The third-order valence-electron chi connectivity index (χ3n) is 3.75. The van der Waals surface area contributed by atoms with Crippen LogP contribution in [0.25, 0.3) is 10.9 Å². The molecule has 0 radical (unpaired) electrons. The lowest BCUT2D eigenvalue weighted by Crippen LogP contribution is -2.28. The number of aromatic nitrogens is 4. The summed E-state index contributed by atoms with van der Waals surface area (Å²) < 4.78 is 5.33. The van der Waals surface area contributed by atoms with E-state index in [2.05, 4.69) is 20.2 Å². The second kappa shape index (κ2) is 6.53. The van der Waals surface area contributed by atoms with Crippen LogP contribution in [0, 0.1) is 0 Å². The highest BCUT2D eigenvalue weighted by Gasteiger charge is 2.15. The van der Waals surface area contributed by atoms with E-state index in [1.165, 1.54) is 0 Å². The van der Waals surface area contributed by atoms with Crippen LogP contribution in [-0.4, -0.2) is 45.1 Å². The topological polar surface area (TPSA) is 104 Å². The molecule has 24 heavy (non-hydrogen) atoms. The lowest BCUT2D eigenvalue weighted by Gasteiger charge is -2.18. The predicted molar refractivity (Wildman–Crippen MR) is 87.7 cm³/mol. The van der Waals surface area contributed by atoms with Gasteiger partial charge in [0.15, 0.2) is 0 Å². The lowest BCUT2D eigenvalue weighted by atomic mass is 10.1. The summed E-state index contributed by atoms with van der Waals surface area (Å²) in [6.45, 7) is 0.416. The van der Waals surface area contributed by atoms with Gasteiger partial charge in [-0.25, -0.2) is 9.89 Å². The fourth-order valence-electron chi connectivity index (χ4n) is 2.52. The summed E-state index contributed by atoms with van der Waals surface area (Å²) in [7, 11) is 3.31. The third kappa shape index (κ3) is 3.12. The number of ether oxygens (including phenoxy) is 1. The molecule has 1 aromatic carbocycles. The molecule has 124 valence electrons. The number of methoxy groups -OCH3 is 1. The molecule has 1 amide bonds. The van der Waals surface area contributed by atoms with Gasteiger partial charge in [0.25, 0.3) is 0 Å². The van der Waals surface area contributed by atoms with E-state index in [4.69, 9.17) is 4.74 Å². The molecule has 0 aliphatic carbocycles. The molecule has 0 aliphatic heterocycles. The smallest absolute Gasteiger partial charge is 0.340 e. The second-order valence-corrected chi connectivity index (χ2v) is 5.38. The Morgan fingerprint density at radius 1 is 1.33 bits per heavy atom. The van der Waals surface area contributed by atoms with E-state index in [9.17, 15) is 9.59 Å². The van der Waals surface area contributed by atoms with Gasteiger partial charge in [0.05, 0.1) is 13.5 Å². The standard InChI is InChI=1S/C16H17N5O3/c1-21(14(22)8-13-18-16(23)20-19-13)9-10-5-6-12(24-2)15-11(10)4-3-7-17-15/h3-7H,8-9H2,1-2H3,(H2,18,19,20,23). The van der Waals surface area contributed by atoms with Crippen LogP contribution in [0.5, 0.6) is 5.75 Å². The number of amides is 1. The molecule has 2 N–H and O–H groups in total. The molecule has 0 bridgehead atoms. The van der Waals surface area contributed by atoms with Gasteiger partial charge >= 0.3 is 5.69 Å². The van der Waals surface area contributed by atoms with Crippen LogP contribution < -0.4 is 10.4 Å². The van der Waals surface area contributed by atoms with Crippen molar-refractivity contribution in [1.82, 2.24) is 25.1 Å². The number of nitrogens with one attached hydrogen (secondary N) is 2. The zero-order valence-corrected chi connectivity index (χ0v) is 13.4. The van der Waals surface area contributed by atoms with Crippen LogP contribution >= 0.6 is 0 Å². The maximum atomic E-state index is 12.3. The minimum Gasteiger partial charge on any atom is -0.494 e. The molecular weight excluding hydrogens is 310 g/mol. The van der Waals surface area contributed by atoms with E-state index in [0.29, 0.717) is 18.1 Å². The van der Waals surface area contributed by atoms with Crippen molar-refractivity contribution in [3.8, 4) is 5.75 Å². The molecule has 0 aliphatic rings. The number of aromatic amines is 2. The van der Waals surface area contributed by atoms with Crippen molar-refractivity contribution in [2.75, 3.05) is 14.2 Å². The highest BCUT2D eigenvalue weighted by atomic mass is 16.5. The number of fused-ring (bicyclic) bond motifs is 1. The van der Waals surface area contributed by atoms with Crippen LogP contribution in [0.2, 0.25) is 0 Å². The van der Waals surface area contributed by atoms with Crippen molar-refractivity contribution in [1.29, 1.82) is 0 Å². The van der Waals surface area contributed by atoms with Crippen LogP contribution in [0.1, 0.15) is 11.4 Å². The summed E-state index contributed by atoms with van der Waals surface area (Å²) in [6, 6.07) is 7.56. The molecule has 2 aromatic heterocycles. The first-order valence-electron chi connectivity index (χ1n) is 7.36. The summed E-state index contributed by atoms with van der Waals surface area (Å²) in [6.07, 6.45) is 1.74. The van der Waals surface area contributed by atoms with Gasteiger partial charge in [-0.15, -0.1) is 0 Å². The number of hydrogen-bond donors (Lipinski definition) is 2. The summed E-state index contributed by atoms with van der Waals surface area (Å²) in [5.74, 6) is 0.862. The first kappa shape index (κ1) is 15.7. The van der Waals surface area contributed by atoms with Gasteiger partial charge in [-0.1, -0.05) is 12.1 Å². The Bertz CT molecular complexity index is 931. The number of H-pyrrole nitrogens is 2. The van der Waals surface area contributed by atoms with Crippen molar-refractivity contribution < 1.29 is 9.53 Å². The van der Waals surface area contributed by atoms with Gasteiger partial charge < -0.3 is 9.64 Å². The first-order valence-corrected chi connectivity index (χ1v) is 7.36. The van der Waals surface area contributed by atoms with E-state index in [-0.39, 0.29) is 12.3 Å². The van der Waals surface area contributed by atoms with Crippen molar-refractivity contribution in [2.24, 2.45) is 0 Å². The second-order valence-electron chi connectivity index (χ2n) is 5.38. The molecule has 0 atom stereocenters. The Morgan fingerprint density at radius 3 is 2.88 bits per heavy atom. The Labute approximate surface area is 137 Å². The monoisotopic (exact) mass is 327 g/mol. The normalized spacial score (nSPS) is 10.8. The summed E-state index contributed by atoms with van der Waals surface area (Å²) in [5.41, 5.74) is 1.30. The van der Waals surface area contributed by atoms with Crippen molar-refractivity contribution in [3.05, 3.63) is 52.3 Å².